The summed E-state index contributed by atoms with van der Waals surface area (Å²) in [7, 11) is 0. The van der Waals surface area contributed by atoms with E-state index < -0.39 is 5.54 Å². The number of rotatable bonds is 3. The molecule has 30 heavy (non-hydrogen) atoms. The van der Waals surface area contributed by atoms with Gasteiger partial charge in [0.05, 0.1) is 0 Å². The number of hydrogen-bond donors (Lipinski definition) is 1. The SMILES string of the molecule is CC(C)(C)c1cc(C(=O)NC2(C(=O)N3CCCC3)CCCCC2)cc(C(C)(C)C)n1. The molecule has 1 aromatic heterocycles. The van der Waals surface area contributed by atoms with Crippen LogP contribution in [0.4, 0.5) is 0 Å². The van der Waals surface area contributed by atoms with Gasteiger partial charge in [-0.1, -0.05) is 60.8 Å². The lowest BCUT2D eigenvalue weighted by Crippen LogP contribution is -2.60. The molecule has 1 aromatic rings. The van der Waals surface area contributed by atoms with E-state index in [2.05, 4.69) is 46.9 Å². The number of nitrogens with one attached hydrogen (secondary N) is 1. The maximum atomic E-state index is 13.5. The Kier molecular flexibility index (Phi) is 6.31. The van der Waals surface area contributed by atoms with Gasteiger partial charge in [-0.25, -0.2) is 0 Å². The van der Waals surface area contributed by atoms with Crippen molar-refractivity contribution in [1.82, 2.24) is 15.2 Å². The zero-order valence-corrected chi connectivity index (χ0v) is 19.7. The molecule has 2 heterocycles. The van der Waals surface area contributed by atoms with Gasteiger partial charge >= 0.3 is 0 Å². The number of carbonyl (C=O) groups is 2. The van der Waals surface area contributed by atoms with Crippen LogP contribution in [0.1, 0.15) is 108 Å². The Morgan fingerprint density at radius 2 is 1.37 bits per heavy atom. The molecule has 0 bridgehead atoms. The first-order chi connectivity index (χ1) is 13.9. The second-order valence-electron chi connectivity index (χ2n) is 11.2. The van der Waals surface area contributed by atoms with Gasteiger partial charge in [0.1, 0.15) is 5.54 Å². The lowest BCUT2D eigenvalue weighted by molar-refractivity contribution is -0.138. The smallest absolute Gasteiger partial charge is 0.252 e. The van der Waals surface area contributed by atoms with Crippen molar-refractivity contribution >= 4 is 11.8 Å². The van der Waals surface area contributed by atoms with Crippen molar-refractivity contribution in [1.29, 1.82) is 0 Å². The first-order valence-corrected chi connectivity index (χ1v) is 11.6. The summed E-state index contributed by atoms with van der Waals surface area (Å²) in [6.07, 6.45) is 6.68. The Hall–Kier alpha value is -1.91. The zero-order chi connectivity index (χ0) is 22.2. The van der Waals surface area contributed by atoms with E-state index in [0.29, 0.717) is 5.56 Å². The zero-order valence-electron chi connectivity index (χ0n) is 19.7. The Bertz CT molecular complexity index is 757. The first kappa shape index (κ1) is 22.8. The summed E-state index contributed by atoms with van der Waals surface area (Å²) in [6, 6.07) is 3.81. The van der Waals surface area contributed by atoms with Crippen LogP contribution in [0.25, 0.3) is 0 Å². The number of likely N-dealkylation sites (tertiary alicyclic amines) is 1. The van der Waals surface area contributed by atoms with E-state index in [1.54, 1.807) is 0 Å². The molecule has 1 aliphatic carbocycles. The van der Waals surface area contributed by atoms with E-state index in [-0.39, 0.29) is 22.6 Å². The summed E-state index contributed by atoms with van der Waals surface area (Å²) < 4.78 is 0. The third-order valence-corrected chi connectivity index (χ3v) is 6.49. The summed E-state index contributed by atoms with van der Waals surface area (Å²) >= 11 is 0. The minimum atomic E-state index is -0.757. The molecule has 2 aliphatic rings. The fourth-order valence-corrected chi connectivity index (χ4v) is 4.49. The van der Waals surface area contributed by atoms with Gasteiger partial charge in [-0.15, -0.1) is 0 Å². The van der Waals surface area contributed by atoms with Crippen LogP contribution < -0.4 is 5.32 Å². The van der Waals surface area contributed by atoms with Gasteiger partial charge < -0.3 is 10.2 Å². The van der Waals surface area contributed by atoms with Gasteiger partial charge in [-0.05, 0) is 37.8 Å². The number of amides is 2. The molecule has 0 unspecified atom stereocenters. The molecule has 3 rings (SSSR count). The molecule has 2 amide bonds. The second-order valence-corrected chi connectivity index (χ2v) is 11.2. The molecular weight excluding hydrogens is 374 g/mol. The highest BCUT2D eigenvalue weighted by molar-refractivity contribution is 5.99. The molecular formula is C25H39N3O2. The molecule has 2 fully saturated rings. The standard InChI is InChI=1S/C25H39N3O2/c1-23(2,3)19-16-18(17-20(26-19)24(4,5)6)21(29)27-25(12-8-7-9-13-25)22(30)28-14-10-11-15-28/h16-17H,7-15H2,1-6H3,(H,27,29). The van der Waals surface area contributed by atoms with E-state index in [1.165, 1.54) is 0 Å². The van der Waals surface area contributed by atoms with Crippen molar-refractivity contribution in [2.75, 3.05) is 13.1 Å². The van der Waals surface area contributed by atoms with E-state index in [9.17, 15) is 9.59 Å². The quantitative estimate of drug-likeness (QED) is 0.779. The van der Waals surface area contributed by atoms with E-state index in [0.717, 1.165) is 69.4 Å². The maximum absolute atomic E-state index is 13.5. The van der Waals surface area contributed by atoms with E-state index in [1.807, 2.05) is 17.0 Å². The fraction of sp³-hybridized carbons (Fsp3) is 0.720. The lowest BCUT2D eigenvalue weighted by Gasteiger charge is -2.39. The topological polar surface area (TPSA) is 62.3 Å². The van der Waals surface area contributed by atoms with Crippen LogP contribution in [-0.4, -0.2) is 40.3 Å². The molecule has 1 aliphatic heterocycles. The van der Waals surface area contributed by atoms with Crippen molar-refractivity contribution in [3.8, 4) is 0 Å². The molecule has 0 atom stereocenters. The van der Waals surface area contributed by atoms with Crippen molar-refractivity contribution in [3.63, 3.8) is 0 Å². The number of aromatic nitrogens is 1. The highest BCUT2D eigenvalue weighted by Crippen LogP contribution is 2.32. The van der Waals surface area contributed by atoms with Crippen LogP contribution in [0.3, 0.4) is 0 Å². The summed E-state index contributed by atoms with van der Waals surface area (Å²) in [4.78, 5) is 33.7. The van der Waals surface area contributed by atoms with Gasteiger partial charge in [0.2, 0.25) is 5.91 Å². The number of nitrogens with zero attached hydrogens (tertiary/aromatic N) is 2. The fourth-order valence-electron chi connectivity index (χ4n) is 4.49. The van der Waals surface area contributed by atoms with Gasteiger partial charge in [0, 0.05) is 40.9 Å². The monoisotopic (exact) mass is 413 g/mol. The van der Waals surface area contributed by atoms with Crippen LogP contribution in [0.5, 0.6) is 0 Å². The molecule has 1 saturated heterocycles. The predicted molar refractivity (Wildman–Crippen MR) is 121 cm³/mol. The maximum Gasteiger partial charge on any atom is 0.252 e. The highest BCUT2D eigenvalue weighted by Gasteiger charge is 2.44. The van der Waals surface area contributed by atoms with Crippen molar-refractivity contribution < 1.29 is 9.59 Å². The molecule has 1 saturated carbocycles. The third-order valence-electron chi connectivity index (χ3n) is 6.49. The largest absolute Gasteiger partial charge is 0.341 e. The Labute approximate surface area is 182 Å². The van der Waals surface area contributed by atoms with Gasteiger partial charge in [-0.3, -0.25) is 14.6 Å². The molecule has 0 spiro atoms. The Morgan fingerprint density at radius 1 is 0.867 bits per heavy atom. The molecule has 5 heteroatoms. The minimum absolute atomic E-state index is 0.120. The molecule has 0 radical (unpaired) electrons. The second kappa shape index (κ2) is 8.32. The lowest BCUT2D eigenvalue weighted by atomic mass is 9.80. The van der Waals surface area contributed by atoms with Crippen molar-refractivity contribution in [2.24, 2.45) is 0 Å². The van der Waals surface area contributed by atoms with Crippen molar-refractivity contribution in [3.05, 3.63) is 29.1 Å². The van der Waals surface area contributed by atoms with Crippen LogP contribution in [0, 0.1) is 0 Å². The van der Waals surface area contributed by atoms with Gasteiger partial charge in [0.15, 0.2) is 0 Å². The third kappa shape index (κ3) is 4.87. The van der Waals surface area contributed by atoms with Crippen LogP contribution in [-0.2, 0) is 15.6 Å². The molecule has 1 N–H and O–H groups in total. The summed E-state index contributed by atoms with van der Waals surface area (Å²) in [5, 5.41) is 3.22. The predicted octanol–water partition coefficient (Wildman–Crippen LogP) is 4.73. The Balaban J connectivity index is 1.94. The summed E-state index contributed by atoms with van der Waals surface area (Å²) in [5.74, 6) is -0.0305. The van der Waals surface area contributed by atoms with Crippen molar-refractivity contribution in [2.45, 2.75) is 103 Å². The Morgan fingerprint density at radius 3 is 1.83 bits per heavy atom. The van der Waals surface area contributed by atoms with Crippen LogP contribution >= 0.6 is 0 Å². The summed E-state index contributed by atoms with van der Waals surface area (Å²) in [6.45, 7) is 14.3. The van der Waals surface area contributed by atoms with Crippen LogP contribution in [0.2, 0.25) is 0 Å². The molecule has 166 valence electrons. The van der Waals surface area contributed by atoms with E-state index >= 15 is 0 Å². The molecule has 5 nitrogen and oxygen atoms in total. The minimum Gasteiger partial charge on any atom is -0.341 e. The van der Waals surface area contributed by atoms with Gasteiger partial charge in [0.25, 0.3) is 5.91 Å². The highest BCUT2D eigenvalue weighted by atomic mass is 16.2. The normalized spacial score (nSPS) is 19.6. The van der Waals surface area contributed by atoms with Crippen LogP contribution in [0.15, 0.2) is 12.1 Å². The number of pyridine rings is 1. The average molecular weight is 414 g/mol. The summed E-state index contributed by atoms with van der Waals surface area (Å²) in [5.41, 5.74) is 1.34. The number of carbonyl (C=O) groups excluding carboxylic acids is 2. The first-order valence-electron chi connectivity index (χ1n) is 11.6. The average Bonchev–Trinajstić information content (AvgIpc) is 3.21. The molecule has 0 aromatic carbocycles. The number of hydrogen-bond acceptors (Lipinski definition) is 3. The van der Waals surface area contributed by atoms with Gasteiger partial charge in [-0.2, -0.15) is 0 Å². The van der Waals surface area contributed by atoms with E-state index in [4.69, 9.17) is 4.98 Å².